The van der Waals surface area contributed by atoms with Gasteiger partial charge in [-0.25, -0.2) is 0 Å². The van der Waals surface area contributed by atoms with E-state index < -0.39 is 0 Å². The maximum Gasteiger partial charge on any atom is -0.0209 e. The summed E-state index contributed by atoms with van der Waals surface area (Å²) in [7, 11) is 0. The SMILES string of the molecule is C=C(CCC)C(C)C(C)CCCC. The highest BCUT2D eigenvalue weighted by atomic mass is 14.2. The van der Waals surface area contributed by atoms with Gasteiger partial charge in [-0.3, -0.25) is 0 Å². The molecule has 0 aliphatic heterocycles. The molecule has 0 aromatic carbocycles. The maximum atomic E-state index is 4.17. The monoisotopic (exact) mass is 182 g/mol. The molecular formula is C13H26. The van der Waals surface area contributed by atoms with E-state index in [1.54, 1.807) is 0 Å². The quantitative estimate of drug-likeness (QED) is 0.496. The van der Waals surface area contributed by atoms with E-state index in [0.717, 1.165) is 5.92 Å². The molecule has 2 unspecified atom stereocenters. The minimum absolute atomic E-state index is 0.714. The Kier molecular flexibility index (Phi) is 7.03. The molecule has 0 rings (SSSR count). The molecule has 0 saturated carbocycles. The zero-order valence-corrected chi connectivity index (χ0v) is 9.90. The molecule has 0 amide bonds. The van der Waals surface area contributed by atoms with E-state index in [1.165, 1.54) is 37.7 Å². The summed E-state index contributed by atoms with van der Waals surface area (Å²) in [6, 6.07) is 0. The Morgan fingerprint density at radius 2 is 1.77 bits per heavy atom. The van der Waals surface area contributed by atoms with Crippen LogP contribution in [-0.4, -0.2) is 0 Å². The minimum Gasteiger partial charge on any atom is -0.0996 e. The second-order valence-electron chi connectivity index (χ2n) is 4.32. The molecule has 0 spiro atoms. The van der Waals surface area contributed by atoms with Gasteiger partial charge in [-0.1, -0.05) is 65.5 Å². The molecule has 0 nitrogen and oxygen atoms in total. The molecule has 0 fully saturated rings. The standard InChI is InChI=1S/C13H26/c1-6-8-10-12(4)13(5)11(3)9-7-2/h12-13H,3,6-10H2,1-2,4-5H3. The second kappa shape index (κ2) is 7.17. The Labute approximate surface area is 84.4 Å². The fourth-order valence-electron chi connectivity index (χ4n) is 1.73. The van der Waals surface area contributed by atoms with Crippen LogP contribution in [0.4, 0.5) is 0 Å². The van der Waals surface area contributed by atoms with Crippen molar-refractivity contribution in [1.82, 2.24) is 0 Å². The van der Waals surface area contributed by atoms with Crippen LogP contribution in [0, 0.1) is 11.8 Å². The highest BCUT2D eigenvalue weighted by molar-refractivity contribution is 5.00. The average Bonchev–Trinajstić information content (AvgIpc) is 2.13. The van der Waals surface area contributed by atoms with Crippen LogP contribution < -0.4 is 0 Å². The molecule has 0 saturated heterocycles. The first kappa shape index (κ1) is 12.7. The van der Waals surface area contributed by atoms with Gasteiger partial charge in [-0.15, -0.1) is 0 Å². The Morgan fingerprint density at radius 1 is 1.15 bits per heavy atom. The van der Waals surface area contributed by atoms with Crippen LogP contribution in [0.2, 0.25) is 0 Å². The van der Waals surface area contributed by atoms with Crippen molar-refractivity contribution in [2.24, 2.45) is 11.8 Å². The van der Waals surface area contributed by atoms with Crippen molar-refractivity contribution in [2.45, 2.75) is 59.8 Å². The van der Waals surface area contributed by atoms with Gasteiger partial charge in [0.15, 0.2) is 0 Å². The molecule has 13 heavy (non-hydrogen) atoms. The summed E-state index contributed by atoms with van der Waals surface area (Å²) in [5, 5.41) is 0. The molecular weight excluding hydrogens is 156 g/mol. The summed E-state index contributed by atoms with van der Waals surface area (Å²) in [6.45, 7) is 13.4. The molecule has 0 aliphatic rings. The first-order valence-corrected chi connectivity index (χ1v) is 5.81. The van der Waals surface area contributed by atoms with Crippen LogP contribution in [-0.2, 0) is 0 Å². The van der Waals surface area contributed by atoms with Crippen LogP contribution in [0.15, 0.2) is 12.2 Å². The summed E-state index contributed by atoms with van der Waals surface area (Å²) < 4.78 is 0. The number of rotatable bonds is 7. The van der Waals surface area contributed by atoms with Crippen LogP contribution in [0.1, 0.15) is 59.8 Å². The molecule has 2 atom stereocenters. The molecule has 0 aromatic heterocycles. The van der Waals surface area contributed by atoms with Gasteiger partial charge in [0.25, 0.3) is 0 Å². The van der Waals surface area contributed by atoms with Crippen LogP contribution in [0.3, 0.4) is 0 Å². The van der Waals surface area contributed by atoms with Gasteiger partial charge >= 0.3 is 0 Å². The average molecular weight is 182 g/mol. The normalized spacial score (nSPS) is 15.4. The lowest BCUT2D eigenvalue weighted by atomic mass is 9.84. The van der Waals surface area contributed by atoms with Crippen molar-refractivity contribution in [3.05, 3.63) is 12.2 Å². The Balaban J connectivity index is 3.79. The number of unbranched alkanes of at least 4 members (excludes halogenated alkanes) is 1. The highest BCUT2D eigenvalue weighted by Crippen LogP contribution is 2.26. The van der Waals surface area contributed by atoms with Gasteiger partial charge in [0, 0.05) is 0 Å². The smallest absolute Gasteiger partial charge is 0.0209 e. The summed E-state index contributed by atoms with van der Waals surface area (Å²) in [4.78, 5) is 0. The van der Waals surface area contributed by atoms with Crippen molar-refractivity contribution < 1.29 is 0 Å². The van der Waals surface area contributed by atoms with E-state index in [0.29, 0.717) is 5.92 Å². The van der Waals surface area contributed by atoms with E-state index in [1.807, 2.05) is 0 Å². The molecule has 0 heteroatoms. The number of hydrogen-bond donors (Lipinski definition) is 0. The molecule has 0 N–H and O–H groups in total. The number of hydrogen-bond acceptors (Lipinski definition) is 0. The topological polar surface area (TPSA) is 0 Å². The van der Waals surface area contributed by atoms with E-state index in [2.05, 4.69) is 34.3 Å². The summed E-state index contributed by atoms with van der Waals surface area (Å²) >= 11 is 0. The van der Waals surface area contributed by atoms with Crippen molar-refractivity contribution >= 4 is 0 Å². The highest BCUT2D eigenvalue weighted by Gasteiger charge is 2.13. The minimum atomic E-state index is 0.714. The Bertz CT molecular complexity index is 135. The van der Waals surface area contributed by atoms with Gasteiger partial charge in [-0.05, 0) is 18.3 Å². The first-order valence-electron chi connectivity index (χ1n) is 5.81. The van der Waals surface area contributed by atoms with Crippen LogP contribution in [0.25, 0.3) is 0 Å². The zero-order valence-electron chi connectivity index (χ0n) is 9.90. The van der Waals surface area contributed by atoms with Crippen molar-refractivity contribution in [2.75, 3.05) is 0 Å². The summed E-state index contributed by atoms with van der Waals surface area (Å²) in [5.41, 5.74) is 1.45. The third kappa shape index (κ3) is 5.13. The molecule has 0 aromatic rings. The van der Waals surface area contributed by atoms with E-state index in [9.17, 15) is 0 Å². The van der Waals surface area contributed by atoms with Gasteiger partial charge in [0.2, 0.25) is 0 Å². The summed E-state index contributed by atoms with van der Waals surface area (Å²) in [5.74, 6) is 1.53. The Morgan fingerprint density at radius 3 is 2.23 bits per heavy atom. The zero-order chi connectivity index (χ0) is 10.3. The van der Waals surface area contributed by atoms with E-state index in [4.69, 9.17) is 0 Å². The van der Waals surface area contributed by atoms with E-state index in [-0.39, 0.29) is 0 Å². The lowest BCUT2D eigenvalue weighted by Gasteiger charge is -2.21. The third-order valence-electron chi connectivity index (χ3n) is 3.08. The van der Waals surface area contributed by atoms with Crippen molar-refractivity contribution in [1.29, 1.82) is 0 Å². The fourth-order valence-corrected chi connectivity index (χ4v) is 1.73. The largest absolute Gasteiger partial charge is 0.0996 e. The third-order valence-corrected chi connectivity index (χ3v) is 3.08. The first-order chi connectivity index (χ1) is 6.13. The van der Waals surface area contributed by atoms with Gasteiger partial charge in [0.1, 0.15) is 0 Å². The van der Waals surface area contributed by atoms with Gasteiger partial charge in [0.05, 0.1) is 0 Å². The molecule has 78 valence electrons. The lowest BCUT2D eigenvalue weighted by Crippen LogP contribution is -2.10. The second-order valence-corrected chi connectivity index (χ2v) is 4.32. The predicted molar refractivity (Wildman–Crippen MR) is 61.9 cm³/mol. The molecule has 0 heterocycles. The Hall–Kier alpha value is -0.260. The van der Waals surface area contributed by atoms with Crippen LogP contribution in [0.5, 0.6) is 0 Å². The van der Waals surface area contributed by atoms with E-state index >= 15 is 0 Å². The lowest BCUT2D eigenvalue weighted by molar-refractivity contribution is 0.390. The molecule has 0 bridgehead atoms. The maximum absolute atomic E-state index is 4.17. The van der Waals surface area contributed by atoms with Crippen molar-refractivity contribution in [3.8, 4) is 0 Å². The van der Waals surface area contributed by atoms with Crippen molar-refractivity contribution in [3.63, 3.8) is 0 Å². The molecule has 0 radical (unpaired) electrons. The van der Waals surface area contributed by atoms with Gasteiger partial charge < -0.3 is 0 Å². The van der Waals surface area contributed by atoms with Gasteiger partial charge in [-0.2, -0.15) is 0 Å². The molecule has 0 aliphatic carbocycles. The summed E-state index contributed by atoms with van der Waals surface area (Å²) in [6.07, 6.45) is 6.49. The van der Waals surface area contributed by atoms with Crippen LogP contribution >= 0.6 is 0 Å². The predicted octanol–water partition coefficient (Wildman–Crippen LogP) is 4.81. The number of allylic oxidation sites excluding steroid dienone is 1. The fraction of sp³-hybridized carbons (Fsp3) is 0.846.